The topological polar surface area (TPSA) is 34.1 Å². The van der Waals surface area contributed by atoms with E-state index in [-0.39, 0.29) is 17.6 Å². The molecule has 1 atom stereocenters. The van der Waals surface area contributed by atoms with Crippen LogP contribution in [0.2, 0.25) is 0 Å². The Morgan fingerprint density at radius 1 is 1.26 bits per heavy atom. The Bertz CT molecular complexity index is 555. The first-order chi connectivity index (χ1) is 9.10. The van der Waals surface area contributed by atoms with Gasteiger partial charge in [0.15, 0.2) is 11.6 Å². The van der Waals surface area contributed by atoms with Gasteiger partial charge in [0, 0.05) is 18.3 Å². The first-order valence-electron chi connectivity index (χ1n) is 6.17. The molecule has 19 heavy (non-hydrogen) atoms. The predicted molar refractivity (Wildman–Crippen MR) is 72.9 cm³/mol. The Hall–Kier alpha value is -1.94. The number of halogens is 1. The van der Waals surface area contributed by atoms with E-state index in [0.717, 1.165) is 11.1 Å². The molecule has 0 amide bonds. The zero-order chi connectivity index (χ0) is 13.8. The van der Waals surface area contributed by atoms with Crippen molar-refractivity contribution in [2.24, 2.45) is 0 Å². The molecule has 0 saturated heterocycles. The van der Waals surface area contributed by atoms with E-state index in [1.54, 1.807) is 24.4 Å². The zero-order valence-corrected chi connectivity index (χ0v) is 11.3. The highest BCUT2D eigenvalue weighted by Gasteiger charge is 2.07. The van der Waals surface area contributed by atoms with Crippen LogP contribution in [0.3, 0.4) is 0 Å². The van der Waals surface area contributed by atoms with E-state index in [0.29, 0.717) is 5.88 Å². The monoisotopic (exact) mass is 260 g/mol. The number of rotatable bonds is 4. The molecule has 100 valence electrons. The van der Waals surface area contributed by atoms with Gasteiger partial charge in [-0.05, 0) is 44.2 Å². The fourth-order valence-electron chi connectivity index (χ4n) is 1.68. The van der Waals surface area contributed by atoms with E-state index in [1.807, 2.05) is 27.0 Å². The number of nitrogens with one attached hydrogen (secondary N) is 1. The van der Waals surface area contributed by atoms with Crippen LogP contribution in [0, 0.1) is 12.7 Å². The molecule has 2 rings (SSSR count). The smallest absolute Gasteiger partial charge is 0.219 e. The lowest BCUT2D eigenvalue weighted by Crippen LogP contribution is -2.12. The highest BCUT2D eigenvalue weighted by atomic mass is 19.1. The first kappa shape index (κ1) is 13.5. The van der Waals surface area contributed by atoms with Crippen molar-refractivity contribution in [2.45, 2.75) is 19.9 Å². The number of aryl methyl sites for hydroxylation is 1. The summed E-state index contributed by atoms with van der Waals surface area (Å²) in [5.41, 5.74) is 2.00. The van der Waals surface area contributed by atoms with Gasteiger partial charge in [-0.25, -0.2) is 9.37 Å². The lowest BCUT2D eigenvalue weighted by Gasteiger charge is -2.11. The Kier molecular flexibility index (Phi) is 4.12. The van der Waals surface area contributed by atoms with E-state index in [2.05, 4.69) is 10.3 Å². The van der Waals surface area contributed by atoms with E-state index in [1.165, 1.54) is 6.07 Å². The Balaban J connectivity index is 2.17. The Morgan fingerprint density at radius 3 is 2.68 bits per heavy atom. The summed E-state index contributed by atoms with van der Waals surface area (Å²) in [5.74, 6) is 0.193. The lowest BCUT2D eigenvalue weighted by atomic mass is 10.1. The van der Waals surface area contributed by atoms with Crippen molar-refractivity contribution in [3.05, 3.63) is 53.5 Å². The molecule has 1 unspecified atom stereocenters. The van der Waals surface area contributed by atoms with Gasteiger partial charge in [0.1, 0.15) is 0 Å². The van der Waals surface area contributed by atoms with Gasteiger partial charge in [-0.1, -0.05) is 12.1 Å². The van der Waals surface area contributed by atoms with Gasteiger partial charge < -0.3 is 10.1 Å². The van der Waals surface area contributed by atoms with Gasteiger partial charge in [-0.3, -0.25) is 0 Å². The maximum atomic E-state index is 13.6. The fourth-order valence-corrected chi connectivity index (χ4v) is 1.68. The molecule has 0 spiro atoms. The van der Waals surface area contributed by atoms with Crippen LogP contribution in [0.15, 0.2) is 36.5 Å². The van der Waals surface area contributed by atoms with Crippen LogP contribution < -0.4 is 10.1 Å². The van der Waals surface area contributed by atoms with Gasteiger partial charge in [0.05, 0.1) is 0 Å². The normalized spacial score (nSPS) is 12.2. The molecule has 1 aromatic carbocycles. The molecule has 2 aromatic rings. The quantitative estimate of drug-likeness (QED) is 0.912. The molecule has 0 aliphatic rings. The van der Waals surface area contributed by atoms with Crippen LogP contribution in [0.5, 0.6) is 11.6 Å². The van der Waals surface area contributed by atoms with Gasteiger partial charge in [0.25, 0.3) is 0 Å². The summed E-state index contributed by atoms with van der Waals surface area (Å²) in [6, 6.07) is 8.62. The third kappa shape index (κ3) is 3.29. The van der Waals surface area contributed by atoms with Crippen molar-refractivity contribution in [3.63, 3.8) is 0 Å². The fraction of sp³-hybridized carbons (Fsp3) is 0.267. The number of aromatic nitrogens is 1. The van der Waals surface area contributed by atoms with Crippen molar-refractivity contribution < 1.29 is 9.13 Å². The number of ether oxygens (including phenoxy) is 1. The van der Waals surface area contributed by atoms with Crippen LogP contribution in [0.25, 0.3) is 0 Å². The lowest BCUT2D eigenvalue weighted by molar-refractivity contribution is 0.426. The molecule has 4 heteroatoms. The molecule has 3 nitrogen and oxygen atoms in total. The molecular weight excluding hydrogens is 243 g/mol. The van der Waals surface area contributed by atoms with Crippen molar-refractivity contribution >= 4 is 0 Å². The predicted octanol–water partition coefficient (Wildman–Crippen LogP) is 3.60. The van der Waals surface area contributed by atoms with Crippen molar-refractivity contribution in [3.8, 4) is 11.6 Å². The third-order valence-corrected chi connectivity index (χ3v) is 2.99. The second-order valence-electron chi connectivity index (χ2n) is 4.48. The van der Waals surface area contributed by atoms with Crippen molar-refractivity contribution in [2.75, 3.05) is 7.05 Å². The summed E-state index contributed by atoms with van der Waals surface area (Å²) in [4.78, 5) is 4.18. The highest BCUT2D eigenvalue weighted by Crippen LogP contribution is 2.24. The number of hydrogen-bond acceptors (Lipinski definition) is 3. The average molecular weight is 260 g/mol. The number of hydrogen-bond donors (Lipinski definition) is 1. The summed E-state index contributed by atoms with van der Waals surface area (Å²) >= 11 is 0. The van der Waals surface area contributed by atoms with Crippen LogP contribution in [0.1, 0.15) is 24.1 Å². The number of nitrogens with zero attached hydrogens (tertiary/aromatic N) is 1. The molecule has 0 saturated carbocycles. The summed E-state index contributed by atoms with van der Waals surface area (Å²) in [6.45, 7) is 3.93. The van der Waals surface area contributed by atoms with Gasteiger partial charge >= 0.3 is 0 Å². The minimum Gasteiger partial charge on any atom is -0.436 e. The largest absolute Gasteiger partial charge is 0.436 e. The summed E-state index contributed by atoms with van der Waals surface area (Å²) < 4.78 is 19.0. The van der Waals surface area contributed by atoms with Crippen LogP contribution in [-0.4, -0.2) is 12.0 Å². The Labute approximate surface area is 112 Å². The molecular formula is C15H17FN2O. The summed E-state index contributed by atoms with van der Waals surface area (Å²) in [6.07, 6.45) is 1.73. The third-order valence-electron chi connectivity index (χ3n) is 2.99. The molecule has 1 N–H and O–H groups in total. The molecule has 0 bridgehead atoms. The van der Waals surface area contributed by atoms with Gasteiger partial charge in [-0.15, -0.1) is 0 Å². The maximum absolute atomic E-state index is 13.6. The van der Waals surface area contributed by atoms with Crippen molar-refractivity contribution in [1.29, 1.82) is 0 Å². The van der Waals surface area contributed by atoms with Gasteiger partial charge in [0.2, 0.25) is 5.88 Å². The second kappa shape index (κ2) is 5.80. The molecule has 1 aromatic heterocycles. The highest BCUT2D eigenvalue weighted by molar-refractivity contribution is 5.33. The number of pyridine rings is 1. The number of benzene rings is 1. The van der Waals surface area contributed by atoms with E-state index in [9.17, 15) is 4.39 Å². The molecule has 0 aliphatic heterocycles. The molecule has 0 radical (unpaired) electrons. The zero-order valence-electron chi connectivity index (χ0n) is 11.3. The van der Waals surface area contributed by atoms with Crippen LogP contribution >= 0.6 is 0 Å². The van der Waals surface area contributed by atoms with Crippen LogP contribution in [0.4, 0.5) is 4.39 Å². The van der Waals surface area contributed by atoms with E-state index >= 15 is 0 Å². The van der Waals surface area contributed by atoms with Crippen molar-refractivity contribution in [1.82, 2.24) is 10.3 Å². The van der Waals surface area contributed by atoms with Crippen LogP contribution in [-0.2, 0) is 0 Å². The molecule has 0 aliphatic carbocycles. The standard InChI is InChI=1S/C15H17FN2O/c1-10-4-6-13(16)14(8-10)19-15-7-5-12(9-18-15)11(2)17-3/h4-9,11,17H,1-3H3. The molecule has 0 fully saturated rings. The summed E-state index contributed by atoms with van der Waals surface area (Å²) in [5, 5.41) is 3.13. The Morgan fingerprint density at radius 2 is 2.05 bits per heavy atom. The molecule has 1 heterocycles. The minimum absolute atomic E-state index is 0.196. The van der Waals surface area contributed by atoms with Gasteiger partial charge in [-0.2, -0.15) is 0 Å². The first-order valence-corrected chi connectivity index (χ1v) is 6.17. The van der Waals surface area contributed by atoms with E-state index < -0.39 is 0 Å². The minimum atomic E-state index is -0.389. The second-order valence-corrected chi connectivity index (χ2v) is 4.48. The SMILES string of the molecule is CNC(C)c1ccc(Oc2cc(C)ccc2F)nc1. The summed E-state index contributed by atoms with van der Waals surface area (Å²) in [7, 11) is 1.89. The maximum Gasteiger partial charge on any atom is 0.219 e. The average Bonchev–Trinajstić information content (AvgIpc) is 2.43. The van der Waals surface area contributed by atoms with E-state index in [4.69, 9.17) is 4.74 Å².